The van der Waals surface area contributed by atoms with Gasteiger partial charge in [0.15, 0.2) is 11.9 Å². The van der Waals surface area contributed by atoms with Gasteiger partial charge in [-0.1, -0.05) is 60.7 Å². The summed E-state index contributed by atoms with van der Waals surface area (Å²) < 4.78 is 11.6. The Morgan fingerprint density at radius 1 is 1.04 bits per heavy atom. The third kappa shape index (κ3) is 2.82. The molecule has 0 bridgehead atoms. The van der Waals surface area contributed by atoms with Crippen molar-refractivity contribution in [2.45, 2.75) is 44.1 Å². The molecule has 1 saturated carbocycles. The van der Waals surface area contributed by atoms with Gasteiger partial charge in [0.25, 0.3) is 0 Å². The summed E-state index contributed by atoms with van der Waals surface area (Å²) in [6.45, 7) is 4.05. The molecule has 2 aromatic carbocycles. The molecule has 1 unspecified atom stereocenters. The van der Waals surface area contributed by atoms with E-state index in [0.717, 1.165) is 11.1 Å². The molecule has 1 aliphatic heterocycles. The number of hydrogen-bond donors (Lipinski definition) is 0. The number of cyclic esters (lactones) is 1. The Balaban J connectivity index is 1.76. The number of ketones is 1. The van der Waals surface area contributed by atoms with Crippen LogP contribution in [0.2, 0.25) is 0 Å². The second-order valence-electron chi connectivity index (χ2n) is 7.16. The molecule has 0 aromatic heterocycles. The zero-order chi connectivity index (χ0) is 19.0. The highest BCUT2D eigenvalue weighted by atomic mass is 16.6. The summed E-state index contributed by atoms with van der Waals surface area (Å²) >= 11 is 0. The number of amides is 1. The number of carbonyl (C=O) groups is 2. The molecule has 2 aliphatic rings. The Labute approximate surface area is 158 Å². The lowest BCUT2D eigenvalue weighted by Gasteiger charge is -2.49. The van der Waals surface area contributed by atoms with E-state index in [-0.39, 0.29) is 24.3 Å². The quantitative estimate of drug-likeness (QED) is 0.802. The highest BCUT2D eigenvalue weighted by Crippen LogP contribution is 2.49. The van der Waals surface area contributed by atoms with Crippen LogP contribution in [0.4, 0.5) is 4.79 Å². The summed E-state index contributed by atoms with van der Waals surface area (Å²) in [5.41, 5.74) is 0.938. The minimum Gasteiger partial charge on any atom is -0.439 e. The number of Topliss-reactive ketones (excluding diaryl/α,β-unsaturated/α-hetero) is 1. The van der Waals surface area contributed by atoms with Crippen LogP contribution in [0.5, 0.6) is 0 Å². The Bertz CT molecular complexity index is 838. The zero-order valence-corrected chi connectivity index (χ0v) is 15.5. The Hall–Kier alpha value is -2.66. The van der Waals surface area contributed by atoms with Crippen molar-refractivity contribution in [3.05, 3.63) is 71.8 Å². The molecular formula is C22H23NO4. The van der Waals surface area contributed by atoms with Crippen molar-refractivity contribution < 1.29 is 19.1 Å². The van der Waals surface area contributed by atoms with Crippen molar-refractivity contribution in [3.8, 4) is 0 Å². The first-order chi connectivity index (χ1) is 13.1. The van der Waals surface area contributed by atoms with Gasteiger partial charge in [-0.2, -0.15) is 0 Å². The van der Waals surface area contributed by atoms with Gasteiger partial charge in [0.2, 0.25) is 0 Å². The molecule has 1 aliphatic carbocycles. The number of hydrogen-bond acceptors (Lipinski definition) is 4. The van der Waals surface area contributed by atoms with E-state index in [4.69, 9.17) is 9.47 Å². The van der Waals surface area contributed by atoms with Gasteiger partial charge in [-0.15, -0.1) is 0 Å². The van der Waals surface area contributed by atoms with Gasteiger partial charge < -0.3 is 9.47 Å². The molecule has 1 heterocycles. The van der Waals surface area contributed by atoms with Gasteiger partial charge in [0.05, 0.1) is 6.04 Å². The van der Waals surface area contributed by atoms with Crippen molar-refractivity contribution >= 4 is 11.9 Å². The summed E-state index contributed by atoms with van der Waals surface area (Å²) in [6.07, 6.45) is -0.542. The first-order valence-electron chi connectivity index (χ1n) is 9.32. The van der Waals surface area contributed by atoms with Crippen LogP contribution in [0.25, 0.3) is 0 Å². The summed E-state index contributed by atoms with van der Waals surface area (Å²) in [4.78, 5) is 26.9. The van der Waals surface area contributed by atoms with E-state index >= 15 is 0 Å². The molecule has 1 saturated heterocycles. The molecule has 5 nitrogen and oxygen atoms in total. The minimum absolute atomic E-state index is 0.0251. The second-order valence-corrected chi connectivity index (χ2v) is 7.16. The van der Waals surface area contributed by atoms with E-state index in [2.05, 4.69) is 0 Å². The van der Waals surface area contributed by atoms with Crippen LogP contribution < -0.4 is 0 Å². The fourth-order valence-electron chi connectivity index (χ4n) is 4.16. The number of ether oxygens (including phenoxy) is 2. The summed E-state index contributed by atoms with van der Waals surface area (Å²) in [7, 11) is 0. The number of benzene rings is 2. The van der Waals surface area contributed by atoms with Crippen LogP contribution in [0.1, 0.15) is 43.5 Å². The average Bonchev–Trinajstić information content (AvgIpc) is 3.04. The van der Waals surface area contributed by atoms with E-state index in [1.54, 1.807) is 11.8 Å². The van der Waals surface area contributed by atoms with Crippen LogP contribution in [0.15, 0.2) is 60.7 Å². The van der Waals surface area contributed by atoms with Gasteiger partial charge in [0.1, 0.15) is 11.6 Å². The van der Waals surface area contributed by atoms with Gasteiger partial charge in [-0.05, 0) is 25.0 Å². The Morgan fingerprint density at radius 3 is 2.19 bits per heavy atom. The molecular weight excluding hydrogens is 342 g/mol. The van der Waals surface area contributed by atoms with E-state index in [1.807, 2.05) is 67.6 Å². The number of carbonyl (C=O) groups excluding carboxylic acids is 2. The fourth-order valence-corrected chi connectivity index (χ4v) is 4.16. The van der Waals surface area contributed by atoms with Gasteiger partial charge in [-0.25, -0.2) is 4.79 Å². The maximum absolute atomic E-state index is 12.9. The second kappa shape index (κ2) is 6.82. The van der Waals surface area contributed by atoms with Crippen molar-refractivity contribution in [2.24, 2.45) is 0 Å². The monoisotopic (exact) mass is 365 g/mol. The SMILES string of the molecule is CCO[C@]1(C)C(=O)CC1N1C(=O)O[C@@H](c2ccccc2)[C@H]1c1ccccc1. The topological polar surface area (TPSA) is 55.8 Å². The molecule has 2 fully saturated rings. The Morgan fingerprint density at radius 2 is 1.63 bits per heavy atom. The molecule has 4 rings (SSSR count). The van der Waals surface area contributed by atoms with Crippen LogP contribution in [0.3, 0.4) is 0 Å². The van der Waals surface area contributed by atoms with Crippen LogP contribution in [-0.4, -0.2) is 35.0 Å². The lowest BCUT2D eigenvalue weighted by atomic mass is 9.72. The Kier molecular flexibility index (Phi) is 4.48. The maximum Gasteiger partial charge on any atom is 0.411 e. The largest absolute Gasteiger partial charge is 0.439 e. The number of rotatable bonds is 5. The lowest BCUT2D eigenvalue weighted by molar-refractivity contribution is -0.172. The molecule has 27 heavy (non-hydrogen) atoms. The summed E-state index contributed by atoms with van der Waals surface area (Å²) in [5.74, 6) is 0.0251. The van der Waals surface area contributed by atoms with Gasteiger partial charge in [-0.3, -0.25) is 9.69 Å². The van der Waals surface area contributed by atoms with Crippen molar-refractivity contribution in [3.63, 3.8) is 0 Å². The molecule has 2 aromatic rings. The van der Waals surface area contributed by atoms with Crippen molar-refractivity contribution in [1.29, 1.82) is 0 Å². The predicted molar refractivity (Wildman–Crippen MR) is 100 cm³/mol. The van der Waals surface area contributed by atoms with Crippen LogP contribution >= 0.6 is 0 Å². The fraction of sp³-hybridized carbons (Fsp3) is 0.364. The molecule has 0 N–H and O–H groups in total. The summed E-state index contributed by atoms with van der Waals surface area (Å²) in [6, 6.07) is 18.9. The minimum atomic E-state index is -0.980. The van der Waals surface area contributed by atoms with E-state index in [0.29, 0.717) is 6.61 Å². The normalized spacial score (nSPS) is 30.1. The smallest absolute Gasteiger partial charge is 0.411 e. The molecule has 5 heteroatoms. The van der Waals surface area contributed by atoms with Crippen molar-refractivity contribution in [1.82, 2.24) is 4.90 Å². The third-order valence-electron chi connectivity index (χ3n) is 5.64. The van der Waals surface area contributed by atoms with Crippen molar-refractivity contribution in [2.75, 3.05) is 6.61 Å². The predicted octanol–water partition coefficient (Wildman–Crippen LogP) is 4.06. The van der Waals surface area contributed by atoms with E-state index < -0.39 is 17.8 Å². The van der Waals surface area contributed by atoms with Gasteiger partial charge in [0, 0.05) is 13.0 Å². The maximum atomic E-state index is 12.9. The molecule has 0 spiro atoms. The number of nitrogens with zero attached hydrogens (tertiary/aromatic N) is 1. The van der Waals surface area contributed by atoms with Crippen LogP contribution in [-0.2, 0) is 14.3 Å². The molecule has 1 amide bonds. The first-order valence-corrected chi connectivity index (χ1v) is 9.32. The molecule has 4 atom stereocenters. The van der Waals surface area contributed by atoms with E-state index in [1.165, 1.54) is 0 Å². The lowest BCUT2D eigenvalue weighted by Crippen LogP contribution is -2.67. The highest BCUT2D eigenvalue weighted by molar-refractivity contribution is 5.96. The molecule has 140 valence electrons. The average molecular weight is 365 g/mol. The summed E-state index contributed by atoms with van der Waals surface area (Å²) in [5, 5.41) is 0. The van der Waals surface area contributed by atoms with Gasteiger partial charge >= 0.3 is 6.09 Å². The van der Waals surface area contributed by atoms with Crippen LogP contribution in [0, 0.1) is 0 Å². The first kappa shape index (κ1) is 17.7. The third-order valence-corrected chi connectivity index (χ3v) is 5.64. The highest BCUT2D eigenvalue weighted by Gasteiger charge is 2.61. The molecule has 0 radical (unpaired) electrons. The van der Waals surface area contributed by atoms with E-state index in [9.17, 15) is 9.59 Å². The standard InChI is InChI=1S/C22H23NO4/c1-3-26-22(2)17(14-18(22)24)23-19(15-10-6-4-7-11-15)20(27-21(23)25)16-12-8-5-9-13-16/h4-13,17,19-20H,3,14H2,1-2H3/t17?,19-,20+,22+/m1/s1. The zero-order valence-electron chi connectivity index (χ0n) is 15.5.